The predicted octanol–water partition coefficient (Wildman–Crippen LogP) is 9.99. The second-order valence-corrected chi connectivity index (χ2v) is 9.78. The molecule has 3 heteroatoms. The van der Waals surface area contributed by atoms with Gasteiger partial charge >= 0.3 is 26.2 Å². The molecule has 2 aromatic rings. The summed E-state index contributed by atoms with van der Waals surface area (Å²) in [5.74, 6) is 0.560. The average Bonchev–Trinajstić information content (AvgIpc) is 3.07. The quantitative estimate of drug-likeness (QED) is 0.185. The number of allylic oxidation sites excluding steroid dienone is 4. The molecular formula is C31H48NSiZr. The van der Waals surface area contributed by atoms with Crippen LogP contribution in [0.2, 0.25) is 13.1 Å². The number of unbranched alkanes of at least 4 members (excludes halogenated alkanes) is 5. The van der Waals surface area contributed by atoms with Crippen LogP contribution >= 0.6 is 0 Å². The molecule has 0 saturated carbocycles. The molecule has 1 aliphatic carbocycles. The van der Waals surface area contributed by atoms with Gasteiger partial charge in [0.2, 0.25) is 0 Å². The van der Waals surface area contributed by atoms with Crippen LogP contribution in [0.25, 0.3) is 16.9 Å². The summed E-state index contributed by atoms with van der Waals surface area (Å²) in [6.07, 6.45) is 11.1. The van der Waals surface area contributed by atoms with E-state index in [1.165, 1.54) is 60.0 Å². The Labute approximate surface area is 233 Å². The van der Waals surface area contributed by atoms with E-state index in [-0.39, 0.29) is 26.2 Å². The van der Waals surface area contributed by atoms with Crippen LogP contribution in [-0.2, 0) is 26.2 Å². The Morgan fingerprint density at radius 3 is 1.47 bits per heavy atom. The molecule has 0 amide bonds. The molecule has 185 valence electrons. The van der Waals surface area contributed by atoms with Crippen molar-refractivity contribution in [2.45, 2.75) is 86.2 Å². The fraction of sp³-hybridized carbons (Fsp3) is 0.484. The predicted molar refractivity (Wildman–Crippen MR) is 153 cm³/mol. The van der Waals surface area contributed by atoms with Crippen molar-refractivity contribution in [3.8, 4) is 11.1 Å². The van der Waals surface area contributed by atoms with E-state index in [1.54, 1.807) is 0 Å². The van der Waals surface area contributed by atoms with E-state index in [0.717, 1.165) is 15.9 Å². The van der Waals surface area contributed by atoms with Gasteiger partial charge in [0.05, 0.1) is 0 Å². The fourth-order valence-electron chi connectivity index (χ4n) is 3.33. The molecule has 0 heterocycles. The minimum atomic E-state index is 0. The first-order chi connectivity index (χ1) is 15.9. The van der Waals surface area contributed by atoms with Crippen LogP contribution in [0.3, 0.4) is 0 Å². The maximum Gasteiger partial charge on any atom is 2.00 e. The van der Waals surface area contributed by atoms with Crippen molar-refractivity contribution >= 4 is 9.52 Å². The average molecular weight is 554 g/mol. The molecule has 0 saturated heterocycles. The third kappa shape index (κ3) is 16.6. The number of hydrogen-bond donors (Lipinski definition) is 0. The van der Waals surface area contributed by atoms with Crippen LogP contribution < -0.4 is 0 Å². The summed E-state index contributed by atoms with van der Waals surface area (Å²) < 4.78 is 0. The number of hydrogen-bond acceptors (Lipinski definition) is 0. The van der Waals surface area contributed by atoms with Crippen molar-refractivity contribution in [3.05, 3.63) is 89.2 Å². The van der Waals surface area contributed by atoms with Gasteiger partial charge in [0.25, 0.3) is 0 Å². The number of rotatable bonds is 7. The van der Waals surface area contributed by atoms with Gasteiger partial charge in [-0.1, -0.05) is 146 Å². The van der Waals surface area contributed by atoms with Crippen LogP contribution in [0.15, 0.2) is 77.4 Å². The van der Waals surface area contributed by atoms with Crippen molar-refractivity contribution < 1.29 is 26.2 Å². The van der Waals surface area contributed by atoms with Crippen molar-refractivity contribution in [2.75, 3.05) is 6.54 Å². The van der Waals surface area contributed by atoms with E-state index >= 15 is 0 Å². The zero-order chi connectivity index (χ0) is 24.9. The van der Waals surface area contributed by atoms with Crippen molar-refractivity contribution in [1.29, 1.82) is 0 Å². The second kappa shape index (κ2) is 23.7. The molecule has 34 heavy (non-hydrogen) atoms. The zero-order valence-corrected chi connectivity index (χ0v) is 26.5. The van der Waals surface area contributed by atoms with Gasteiger partial charge < -0.3 is 5.73 Å². The maximum atomic E-state index is 6.88. The SMILES string of the molecule is CC1=[C-]C(C)C(C)=C1C.CCCCCCCC[NH-].C[SiH]C.[Zr+2].c1ccc(-c2ccccc2)cc1. The van der Waals surface area contributed by atoms with Crippen LogP contribution in [0.5, 0.6) is 0 Å². The molecule has 0 fully saturated rings. The van der Waals surface area contributed by atoms with E-state index in [1.807, 2.05) is 12.1 Å². The zero-order valence-electron chi connectivity index (χ0n) is 22.9. The summed E-state index contributed by atoms with van der Waals surface area (Å²) >= 11 is 0. The summed E-state index contributed by atoms with van der Waals surface area (Å²) in [5.41, 5.74) is 13.7. The summed E-state index contributed by atoms with van der Waals surface area (Å²) in [6.45, 7) is 15.9. The summed E-state index contributed by atoms with van der Waals surface area (Å²) in [7, 11) is 0.750. The molecular weight excluding hydrogens is 506 g/mol. The summed E-state index contributed by atoms with van der Waals surface area (Å²) in [4.78, 5) is 0. The third-order valence-electron chi connectivity index (χ3n) is 5.65. The topological polar surface area (TPSA) is 23.8 Å². The molecule has 1 atom stereocenters. The standard InChI is InChI=1S/C12H10.C9H13.C8H18N.C2H7Si.Zr/c1-3-7-11(8-4-1)12-9-5-2-6-10-12;1-6-5-7(2)9(4)8(6)3;1-2-3-4-5-6-7-8-9;1-3-2;/h1-10H;6H,1-4H3;9H,2-8H2,1H3;3H,1-2H3;/q;2*-1;;+2. The third-order valence-corrected chi connectivity index (χ3v) is 5.65. The Morgan fingerprint density at radius 1 is 0.765 bits per heavy atom. The van der Waals surface area contributed by atoms with Gasteiger partial charge in [0.15, 0.2) is 0 Å². The van der Waals surface area contributed by atoms with Gasteiger partial charge in [-0.3, -0.25) is 6.08 Å². The Kier molecular flexibility index (Phi) is 24.5. The largest absolute Gasteiger partial charge is 2.00 e. The molecule has 1 nitrogen and oxygen atoms in total. The number of benzene rings is 2. The molecule has 2 aromatic carbocycles. The molecule has 1 N–H and O–H groups in total. The smallest absolute Gasteiger partial charge is 0.677 e. The van der Waals surface area contributed by atoms with Crippen molar-refractivity contribution in [1.82, 2.24) is 0 Å². The molecule has 0 aliphatic heterocycles. The first-order valence-corrected chi connectivity index (χ1v) is 15.0. The first-order valence-electron chi connectivity index (χ1n) is 12.7. The molecule has 0 spiro atoms. The molecule has 0 aromatic heterocycles. The van der Waals surface area contributed by atoms with E-state index < -0.39 is 0 Å². The molecule has 1 aliphatic rings. The Hall–Kier alpha value is -1.02. The summed E-state index contributed by atoms with van der Waals surface area (Å²) in [6, 6.07) is 20.8. The van der Waals surface area contributed by atoms with Crippen LogP contribution in [-0.4, -0.2) is 16.1 Å². The fourth-order valence-corrected chi connectivity index (χ4v) is 3.33. The van der Waals surface area contributed by atoms with Gasteiger partial charge in [-0.05, 0) is 11.1 Å². The molecule has 1 unspecified atom stereocenters. The van der Waals surface area contributed by atoms with Crippen LogP contribution in [0.1, 0.15) is 73.1 Å². The first kappa shape index (κ1) is 35.1. The Balaban J connectivity index is 0. The van der Waals surface area contributed by atoms with Gasteiger partial charge in [0, 0.05) is 9.52 Å². The summed E-state index contributed by atoms with van der Waals surface area (Å²) in [5, 5.41) is 0. The van der Waals surface area contributed by atoms with Crippen molar-refractivity contribution in [2.24, 2.45) is 5.92 Å². The van der Waals surface area contributed by atoms with Gasteiger partial charge in [-0.15, -0.1) is 6.92 Å². The van der Waals surface area contributed by atoms with E-state index in [2.05, 4.69) is 102 Å². The maximum absolute atomic E-state index is 6.88. The minimum Gasteiger partial charge on any atom is -0.677 e. The van der Waals surface area contributed by atoms with E-state index in [0.29, 0.717) is 12.5 Å². The molecule has 1 radical (unpaired) electrons. The van der Waals surface area contributed by atoms with Crippen LogP contribution in [0.4, 0.5) is 0 Å². The molecule has 3 rings (SSSR count). The Morgan fingerprint density at radius 2 is 1.18 bits per heavy atom. The van der Waals surface area contributed by atoms with Gasteiger partial charge in [-0.25, -0.2) is 5.57 Å². The monoisotopic (exact) mass is 552 g/mol. The van der Waals surface area contributed by atoms with Gasteiger partial charge in [-0.2, -0.15) is 17.7 Å². The number of nitrogens with one attached hydrogen (secondary N) is 1. The second-order valence-electron chi connectivity index (χ2n) is 8.63. The van der Waals surface area contributed by atoms with Crippen LogP contribution in [0, 0.1) is 12.0 Å². The normalized spacial score (nSPS) is 13.8. The van der Waals surface area contributed by atoms with E-state index in [9.17, 15) is 0 Å². The van der Waals surface area contributed by atoms with Gasteiger partial charge in [0.1, 0.15) is 0 Å². The van der Waals surface area contributed by atoms with Crippen molar-refractivity contribution in [3.63, 3.8) is 0 Å². The van der Waals surface area contributed by atoms with E-state index in [4.69, 9.17) is 5.73 Å². The molecule has 0 bridgehead atoms. The Bertz CT molecular complexity index is 725. The minimum absolute atomic E-state index is 0.